The van der Waals surface area contributed by atoms with Crippen LogP contribution in [0.2, 0.25) is 0 Å². The van der Waals surface area contributed by atoms with Gasteiger partial charge in [-0.15, -0.1) is 0 Å². The molecule has 1 aliphatic rings. The second-order valence-electron chi connectivity index (χ2n) is 5.42. The lowest BCUT2D eigenvalue weighted by Crippen LogP contribution is -2.33. The van der Waals surface area contributed by atoms with Crippen molar-refractivity contribution in [2.45, 2.75) is 19.1 Å². The molecule has 1 amide bonds. The van der Waals surface area contributed by atoms with Gasteiger partial charge in [0.2, 0.25) is 5.91 Å². The quantitative estimate of drug-likeness (QED) is 0.943. The Morgan fingerprint density at radius 2 is 1.87 bits per heavy atom. The average molecular weight is 318 g/mol. The summed E-state index contributed by atoms with van der Waals surface area (Å²) in [5.74, 6) is -1.29. The van der Waals surface area contributed by atoms with Crippen molar-refractivity contribution in [1.82, 2.24) is 0 Å². The fraction of sp³-hybridized carbons (Fsp3) is 0.235. The molecule has 0 aliphatic carbocycles. The van der Waals surface area contributed by atoms with Crippen molar-refractivity contribution < 1.29 is 18.3 Å². The van der Waals surface area contributed by atoms with Crippen molar-refractivity contribution in [1.29, 1.82) is 0 Å². The molecule has 1 fully saturated rings. The summed E-state index contributed by atoms with van der Waals surface area (Å²) < 4.78 is 31.5. The summed E-state index contributed by atoms with van der Waals surface area (Å²) in [6.07, 6.45) is 0.646. The van der Waals surface area contributed by atoms with E-state index in [1.54, 1.807) is 29.2 Å². The Labute approximate surface area is 132 Å². The summed E-state index contributed by atoms with van der Waals surface area (Å²) in [5, 5.41) is 0. The van der Waals surface area contributed by atoms with E-state index in [0.717, 1.165) is 17.8 Å². The van der Waals surface area contributed by atoms with Crippen LogP contribution in [0, 0.1) is 11.6 Å². The van der Waals surface area contributed by atoms with E-state index in [0.29, 0.717) is 24.3 Å². The number of hydrogen-bond acceptors (Lipinski definition) is 3. The Morgan fingerprint density at radius 1 is 1.13 bits per heavy atom. The standard InChI is InChI=1S/C17H16F2N2O2/c18-14-6-1-11(9-15(14)19)10-23-13-4-2-12(3-5-13)21-8-7-16(20)17(21)22/h1-6,9,16H,7-8,10,20H2/t16-/m0/s1. The molecule has 1 aliphatic heterocycles. The largest absolute Gasteiger partial charge is 0.489 e. The van der Waals surface area contributed by atoms with Crippen molar-refractivity contribution in [2.24, 2.45) is 5.73 Å². The second-order valence-corrected chi connectivity index (χ2v) is 5.42. The molecule has 0 saturated carbocycles. The predicted molar refractivity (Wildman–Crippen MR) is 82.1 cm³/mol. The van der Waals surface area contributed by atoms with Crippen molar-refractivity contribution in [3.8, 4) is 5.75 Å². The minimum Gasteiger partial charge on any atom is -0.489 e. The third-order valence-corrected chi connectivity index (χ3v) is 3.78. The van der Waals surface area contributed by atoms with Gasteiger partial charge in [0.1, 0.15) is 12.4 Å². The molecule has 2 aromatic rings. The van der Waals surface area contributed by atoms with Gasteiger partial charge in [-0.2, -0.15) is 0 Å². The molecule has 23 heavy (non-hydrogen) atoms. The van der Waals surface area contributed by atoms with Crippen LogP contribution in [0.5, 0.6) is 5.75 Å². The fourth-order valence-electron chi connectivity index (χ4n) is 2.48. The number of carbonyl (C=O) groups is 1. The van der Waals surface area contributed by atoms with E-state index in [9.17, 15) is 13.6 Å². The first-order valence-corrected chi connectivity index (χ1v) is 7.28. The SMILES string of the molecule is N[C@H]1CCN(c2ccc(OCc3ccc(F)c(F)c3)cc2)C1=O. The highest BCUT2D eigenvalue weighted by Gasteiger charge is 2.29. The first-order valence-electron chi connectivity index (χ1n) is 7.28. The molecule has 0 spiro atoms. The van der Waals surface area contributed by atoms with Gasteiger partial charge in [0.25, 0.3) is 0 Å². The zero-order valence-corrected chi connectivity index (χ0v) is 12.3. The van der Waals surface area contributed by atoms with Gasteiger partial charge in [0.05, 0.1) is 6.04 Å². The molecular formula is C17H16F2N2O2. The van der Waals surface area contributed by atoms with Crippen molar-refractivity contribution in [3.05, 3.63) is 59.7 Å². The number of benzene rings is 2. The maximum absolute atomic E-state index is 13.1. The van der Waals surface area contributed by atoms with E-state index in [4.69, 9.17) is 10.5 Å². The zero-order chi connectivity index (χ0) is 16.4. The van der Waals surface area contributed by atoms with Crippen LogP contribution in [-0.4, -0.2) is 18.5 Å². The normalized spacial score (nSPS) is 17.6. The van der Waals surface area contributed by atoms with Crippen molar-refractivity contribution in [3.63, 3.8) is 0 Å². The number of halogens is 2. The van der Waals surface area contributed by atoms with E-state index in [1.165, 1.54) is 6.07 Å². The molecule has 120 valence electrons. The second kappa shape index (κ2) is 6.34. The number of rotatable bonds is 4. The van der Waals surface area contributed by atoms with E-state index in [1.807, 2.05) is 0 Å². The van der Waals surface area contributed by atoms with E-state index in [2.05, 4.69) is 0 Å². The predicted octanol–water partition coefficient (Wildman–Crippen LogP) is 2.61. The molecule has 4 nitrogen and oxygen atoms in total. The Bertz CT molecular complexity index is 719. The third-order valence-electron chi connectivity index (χ3n) is 3.78. The molecule has 2 aromatic carbocycles. The lowest BCUT2D eigenvalue weighted by molar-refractivity contribution is -0.118. The van der Waals surface area contributed by atoms with Crippen LogP contribution in [0.15, 0.2) is 42.5 Å². The maximum Gasteiger partial charge on any atom is 0.243 e. The van der Waals surface area contributed by atoms with Crippen LogP contribution in [0.25, 0.3) is 0 Å². The zero-order valence-electron chi connectivity index (χ0n) is 12.3. The van der Waals surface area contributed by atoms with Crippen LogP contribution >= 0.6 is 0 Å². The van der Waals surface area contributed by atoms with Gasteiger partial charge in [-0.25, -0.2) is 8.78 Å². The molecule has 2 N–H and O–H groups in total. The minimum absolute atomic E-state index is 0.0829. The van der Waals surface area contributed by atoms with Crippen LogP contribution < -0.4 is 15.4 Å². The fourth-order valence-corrected chi connectivity index (χ4v) is 2.48. The van der Waals surface area contributed by atoms with Gasteiger partial charge in [-0.1, -0.05) is 6.07 Å². The number of anilines is 1. The van der Waals surface area contributed by atoms with Crippen LogP contribution in [0.1, 0.15) is 12.0 Å². The molecule has 1 saturated heterocycles. The van der Waals surface area contributed by atoms with E-state index < -0.39 is 17.7 Å². The molecule has 3 rings (SSSR count). The Balaban J connectivity index is 1.63. The van der Waals surface area contributed by atoms with Crippen LogP contribution in [0.4, 0.5) is 14.5 Å². The van der Waals surface area contributed by atoms with Crippen LogP contribution in [0.3, 0.4) is 0 Å². The average Bonchev–Trinajstić information content (AvgIpc) is 2.89. The molecule has 0 bridgehead atoms. The van der Waals surface area contributed by atoms with Gasteiger partial charge in [-0.05, 0) is 48.4 Å². The van der Waals surface area contributed by atoms with E-state index >= 15 is 0 Å². The Morgan fingerprint density at radius 3 is 2.48 bits per heavy atom. The number of hydrogen-bond donors (Lipinski definition) is 1. The lowest BCUT2D eigenvalue weighted by atomic mass is 10.2. The highest BCUT2D eigenvalue weighted by atomic mass is 19.2. The topological polar surface area (TPSA) is 55.6 Å². The van der Waals surface area contributed by atoms with Crippen LogP contribution in [-0.2, 0) is 11.4 Å². The van der Waals surface area contributed by atoms with Crippen molar-refractivity contribution >= 4 is 11.6 Å². The summed E-state index contributed by atoms with van der Waals surface area (Å²) >= 11 is 0. The van der Waals surface area contributed by atoms with Gasteiger partial charge < -0.3 is 15.4 Å². The third kappa shape index (κ3) is 3.32. The van der Waals surface area contributed by atoms with Gasteiger partial charge in [0, 0.05) is 12.2 Å². The summed E-state index contributed by atoms with van der Waals surface area (Å²) in [7, 11) is 0. The molecule has 6 heteroatoms. The van der Waals surface area contributed by atoms with Crippen molar-refractivity contribution in [2.75, 3.05) is 11.4 Å². The lowest BCUT2D eigenvalue weighted by Gasteiger charge is -2.16. The maximum atomic E-state index is 13.1. The molecule has 0 aromatic heterocycles. The monoisotopic (exact) mass is 318 g/mol. The number of carbonyl (C=O) groups excluding carboxylic acids is 1. The summed E-state index contributed by atoms with van der Waals surface area (Å²) in [6, 6.07) is 10.2. The molecule has 0 unspecified atom stereocenters. The number of nitrogens with zero attached hydrogens (tertiary/aromatic N) is 1. The summed E-state index contributed by atoms with van der Waals surface area (Å²) in [5.41, 5.74) is 7.00. The number of nitrogens with two attached hydrogens (primary N) is 1. The smallest absolute Gasteiger partial charge is 0.243 e. The summed E-state index contributed by atoms with van der Waals surface area (Å²) in [4.78, 5) is 13.5. The molecule has 1 atom stereocenters. The minimum atomic E-state index is -0.898. The Hall–Kier alpha value is -2.47. The first-order chi connectivity index (χ1) is 11.0. The highest BCUT2D eigenvalue weighted by Crippen LogP contribution is 2.24. The van der Waals surface area contributed by atoms with E-state index in [-0.39, 0.29) is 12.5 Å². The molecule has 0 radical (unpaired) electrons. The molecular weight excluding hydrogens is 302 g/mol. The molecule has 1 heterocycles. The Kier molecular flexibility index (Phi) is 4.25. The number of ether oxygens (including phenoxy) is 1. The summed E-state index contributed by atoms with van der Waals surface area (Å²) in [6.45, 7) is 0.735. The van der Waals surface area contributed by atoms with Gasteiger partial charge >= 0.3 is 0 Å². The highest BCUT2D eigenvalue weighted by molar-refractivity contribution is 5.99. The van der Waals surface area contributed by atoms with Gasteiger partial charge in [0.15, 0.2) is 11.6 Å². The van der Waals surface area contributed by atoms with Gasteiger partial charge in [-0.3, -0.25) is 4.79 Å². The number of amides is 1. The first kappa shape index (κ1) is 15.4.